The third kappa shape index (κ3) is 1.64. The minimum atomic E-state index is -0.862. The molecule has 2 aromatic rings. The third-order valence-electron chi connectivity index (χ3n) is 2.75. The number of imidazole rings is 1. The molecule has 0 unspecified atom stereocenters. The molecule has 3 rings (SSSR count). The number of carbonyl (C=O) groups is 1. The summed E-state index contributed by atoms with van der Waals surface area (Å²) in [5.74, 6) is -0.275. The van der Waals surface area contributed by atoms with Gasteiger partial charge < -0.3 is 5.11 Å². The monoisotopic (exact) mass is 217 g/mol. The van der Waals surface area contributed by atoms with Gasteiger partial charge >= 0.3 is 5.97 Å². The number of hydrogen-bond donors (Lipinski definition) is 1. The summed E-state index contributed by atoms with van der Waals surface area (Å²) in [6.45, 7) is 0. The summed E-state index contributed by atoms with van der Waals surface area (Å²) in [4.78, 5) is 19.2. The van der Waals surface area contributed by atoms with Crippen LogP contribution >= 0.6 is 0 Å². The van der Waals surface area contributed by atoms with Crippen LogP contribution in [0.2, 0.25) is 0 Å². The Kier molecular flexibility index (Phi) is 1.92. The molecule has 0 bridgehead atoms. The second kappa shape index (κ2) is 3.30. The Bertz CT molecular complexity index is 557. The van der Waals surface area contributed by atoms with Gasteiger partial charge in [-0.3, -0.25) is 9.20 Å². The van der Waals surface area contributed by atoms with E-state index in [9.17, 15) is 4.79 Å². The highest BCUT2D eigenvalue weighted by Crippen LogP contribution is 2.38. The Balaban J connectivity index is 1.99. The summed E-state index contributed by atoms with van der Waals surface area (Å²) in [5.41, 5.74) is 2.43. The number of aromatic nitrogens is 3. The number of fused-ring (bicyclic) bond motifs is 1. The second-order valence-electron chi connectivity index (χ2n) is 4.16. The summed E-state index contributed by atoms with van der Waals surface area (Å²) in [6, 6.07) is 1.95. The molecule has 1 N–H and O–H groups in total. The lowest BCUT2D eigenvalue weighted by atomic mass is 10.3. The van der Waals surface area contributed by atoms with Crippen molar-refractivity contribution in [3.63, 3.8) is 0 Å². The molecule has 5 heteroatoms. The molecule has 0 aromatic carbocycles. The van der Waals surface area contributed by atoms with Crippen LogP contribution in [-0.2, 0) is 11.2 Å². The Hall–Kier alpha value is -1.91. The van der Waals surface area contributed by atoms with E-state index in [2.05, 4.69) is 9.97 Å². The first kappa shape index (κ1) is 9.33. The SMILES string of the molecule is O=C(O)Cc1cn2cnc(C3CC3)cc2n1. The van der Waals surface area contributed by atoms with Crippen molar-refractivity contribution in [2.45, 2.75) is 25.2 Å². The molecule has 5 nitrogen and oxygen atoms in total. The van der Waals surface area contributed by atoms with Gasteiger partial charge in [0, 0.05) is 23.9 Å². The fourth-order valence-electron chi connectivity index (χ4n) is 1.80. The van der Waals surface area contributed by atoms with E-state index in [4.69, 9.17) is 5.11 Å². The molecule has 2 aromatic heterocycles. The largest absolute Gasteiger partial charge is 0.481 e. The highest BCUT2D eigenvalue weighted by atomic mass is 16.4. The van der Waals surface area contributed by atoms with Crippen LogP contribution in [0.1, 0.15) is 30.1 Å². The van der Waals surface area contributed by atoms with E-state index in [-0.39, 0.29) is 6.42 Å². The number of carboxylic acid groups (broad SMARTS) is 1. The third-order valence-corrected chi connectivity index (χ3v) is 2.75. The Morgan fingerprint density at radius 2 is 2.38 bits per heavy atom. The van der Waals surface area contributed by atoms with Gasteiger partial charge in [0.15, 0.2) is 0 Å². The predicted molar refractivity (Wildman–Crippen MR) is 56.3 cm³/mol. The van der Waals surface area contributed by atoms with Crippen molar-refractivity contribution in [3.8, 4) is 0 Å². The topological polar surface area (TPSA) is 67.5 Å². The van der Waals surface area contributed by atoms with Crippen molar-refractivity contribution < 1.29 is 9.90 Å². The van der Waals surface area contributed by atoms with Crippen molar-refractivity contribution in [2.75, 3.05) is 0 Å². The molecule has 1 aliphatic carbocycles. The maximum Gasteiger partial charge on any atom is 0.309 e. The van der Waals surface area contributed by atoms with Gasteiger partial charge in [-0.1, -0.05) is 0 Å². The zero-order valence-electron chi connectivity index (χ0n) is 8.63. The van der Waals surface area contributed by atoms with Gasteiger partial charge in [-0.15, -0.1) is 0 Å². The van der Waals surface area contributed by atoms with E-state index in [0.29, 0.717) is 11.6 Å². The standard InChI is InChI=1S/C11H11N3O2/c15-11(16)3-8-5-14-6-12-9(7-1-2-7)4-10(14)13-8/h4-7H,1-3H2,(H,15,16). The van der Waals surface area contributed by atoms with Crippen LogP contribution in [-0.4, -0.2) is 25.4 Å². The maximum atomic E-state index is 10.6. The van der Waals surface area contributed by atoms with Gasteiger partial charge in [-0.05, 0) is 12.8 Å². The van der Waals surface area contributed by atoms with Gasteiger partial charge in [0.25, 0.3) is 0 Å². The lowest BCUT2D eigenvalue weighted by molar-refractivity contribution is -0.136. The minimum Gasteiger partial charge on any atom is -0.481 e. The highest BCUT2D eigenvalue weighted by molar-refractivity contribution is 5.69. The molecule has 0 saturated heterocycles. The quantitative estimate of drug-likeness (QED) is 0.839. The van der Waals surface area contributed by atoms with Crippen LogP contribution in [0, 0.1) is 0 Å². The lowest BCUT2D eigenvalue weighted by Crippen LogP contribution is -1.99. The van der Waals surface area contributed by atoms with Crippen LogP contribution < -0.4 is 0 Å². The van der Waals surface area contributed by atoms with E-state index < -0.39 is 5.97 Å². The smallest absolute Gasteiger partial charge is 0.309 e. The fraction of sp³-hybridized carbons (Fsp3) is 0.364. The van der Waals surface area contributed by atoms with Gasteiger partial charge in [-0.2, -0.15) is 0 Å². The normalized spacial score (nSPS) is 15.5. The number of hydrogen-bond acceptors (Lipinski definition) is 3. The summed E-state index contributed by atoms with van der Waals surface area (Å²) in [5, 5.41) is 8.68. The zero-order chi connectivity index (χ0) is 11.1. The molecule has 82 valence electrons. The summed E-state index contributed by atoms with van der Waals surface area (Å²) >= 11 is 0. The zero-order valence-corrected chi connectivity index (χ0v) is 8.63. The first-order valence-electron chi connectivity index (χ1n) is 5.28. The summed E-state index contributed by atoms with van der Waals surface area (Å²) in [6.07, 6.45) is 5.78. The van der Waals surface area contributed by atoms with Gasteiger partial charge in [0.05, 0.1) is 12.1 Å². The Morgan fingerprint density at radius 1 is 1.56 bits per heavy atom. The maximum absolute atomic E-state index is 10.6. The number of nitrogens with zero attached hydrogens (tertiary/aromatic N) is 3. The van der Waals surface area contributed by atoms with E-state index in [1.807, 2.05) is 6.07 Å². The van der Waals surface area contributed by atoms with Crippen molar-refractivity contribution in [1.29, 1.82) is 0 Å². The molecule has 0 radical (unpaired) electrons. The molecule has 16 heavy (non-hydrogen) atoms. The first-order chi connectivity index (χ1) is 7.72. The predicted octanol–water partition coefficient (Wildman–Crippen LogP) is 1.23. The van der Waals surface area contributed by atoms with E-state index in [1.54, 1.807) is 16.9 Å². The molecule has 1 aliphatic rings. The van der Waals surface area contributed by atoms with Crippen LogP contribution in [0.5, 0.6) is 0 Å². The Morgan fingerprint density at radius 3 is 3.06 bits per heavy atom. The van der Waals surface area contributed by atoms with Gasteiger partial charge in [-0.25, -0.2) is 9.97 Å². The van der Waals surface area contributed by atoms with Crippen LogP contribution in [0.4, 0.5) is 0 Å². The summed E-state index contributed by atoms with van der Waals surface area (Å²) < 4.78 is 1.77. The van der Waals surface area contributed by atoms with E-state index in [1.165, 1.54) is 12.8 Å². The Labute approximate surface area is 91.8 Å². The van der Waals surface area contributed by atoms with Gasteiger partial charge in [0.2, 0.25) is 0 Å². The fourth-order valence-corrected chi connectivity index (χ4v) is 1.80. The molecular formula is C11H11N3O2. The first-order valence-corrected chi connectivity index (χ1v) is 5.28. The molecule has 0 amide bonds. The molecule has 0 atom stereocenters. The average Bonchev–Trinajstić information content (AvgIpc) is 2.98. The second-order valence-corrected chi connectivity index (χ2v) is 4.16. The minimum absolute atomic E-state index is 0.0412. The number of aliphatic carboxylic acids is 1. The highest BCUT2D eigenvalue weighted by Gasteiger charge is 2.25. The van der Waals surface area contributed by atoms with Crippen molar-refractivity contribution in [2.24, 2.45) is 0 Å². The van der Waals surface area contributed by atoms with Crippen molar-refractivity contribution in [1.82, 2.24) is 14.4 Å². The van der Waals surface area contributed by atoms with E-state index >= 15 is 0 Å². The van der Waals surface area contributed by atoms with Gasteiger partial charge in [0.1, 0.15) is 12.0 Å². The van der Waals surface area contributed by atoms with Crippen LogP contribution in [0.15, 0.2) is 18.6 Å². The van der Waals surface area contributed by atoms with Crippen molar-refractivity contribution in [3.05, 3.63) is 30.0 Å². The molecule has 0 spiro atoms. The molecule has 1 saturated carbocycles. The van der Waals surface area contributed by atoms with Crippen molar-refractivity contribution >= 4 is 11.6 Å². The van der Waals surface area contributed by atoms with Crippen LogP contribution in [0.3, 0.4) is 0 Å². The summed E-state index contributed by atoms with van der Waals surface area (Å²) in [7, 11) is 0. The molecule has 0 aliphatic heterocycles. The number of carboxylic acids is 1. The van der Waals surface area contributed by atoms with Crippen LogP contribution in [0.25, 0.3) is 5.65 Å². The molecule has 1 fully saturated rings. The number of rotatable bonds is 3. The average molecular weight is 217 g/mol. The molecular weight excluding hydrogens is 206 g/mol. The lowest BCUT2D eigenvalue weighted by Gasteiger charge is -1.96. The molecule has 2 heterocycles. The van der Waals surface area contributed by atoms with E-state index in [0.717, 1.165) is 11.3 Å².